The van der Waals surface area contributed by atoms with E-state index in [0.29, 0.717) is 25.3 Å². The summed E-state index contributed by atoms with van der Waals surface area (Å²) in [5, 5.41) is 8.65. The van der Waals surface area contributed by atoms with E-state index in [1.54, 1.807) is 6.33 Å². The zero-order valence-corrected chi connectivity index (χ0v) is 20.1. The number of ether oxygens (including phenoxy) is 1. The highest BCUT2D eigenvalue weighted by atomic mass is 16.5. The summed E-state index contributed by atoms with van der Waals surface area (Å²) in [6.45, 7) is 6.64. The smallest absolute Gasteiger partial charge is 0.225 e. The predicted octanol–water partition coefficient (Wildman–Crippen LogP) is 4.06. The van der Waals surface area contributed by atoms with Gasteiger partial charge in [0.05, 0.1) is 23.6 Å². The first kappa shape index (κ1) is 22.8. The number of aromatic nitrogens is 4. The molecule has 1 N–H and O–H groups in total. The molecule has 0 bridgehead atoms. The van der Waals surface area contributed by atoms with Crippen LogP contribution < -0.4 is 15.0 Å². The average Bonchev–Trinajstić information content (AvgIpc) is 3.33. The van der Waals surface area contributed by atoms with Crippen LogP contribution in [0.15, 0.2) is 61.1 Å². The van der Waals surface area contributed by atoms with E-state index in [-0.39, 0.29) is 11.8 Å². The first-order valence-electron chi connectivity index (χ1n) is 12.1. The quantitative estimate of drug-likeness (QED) is 0.439. The lowest BCUT2D eigenvalue weighted by molar-refractivity contribution is -0.125. The van der Waals surface area contributed by atoms with E-state index < -0.39 is 0 Å². The average molecular weight is 471 g/mol. The number of nitrogens with zero attached hydrogens (tertiary/aromatic N) is 5. The third kappa shape index (κ3) is 5.11. The second-order valence-electron chi connectivity index (χ2n) is 8.92. The van der Waals surface area contributed by atoms with Gasteiger partial charge in [-0.1, -0.05) is 29.8 Å². The third-order valence-corrected chi connectivity index (χ3v) is 6.39. The van der Waals surface area contributed by atoms with Crippen LogP contribution in [-0.4, -0.2) is 45.4 Å². The summed E-state index contributed by atoms with van der Waals surface area (Å²) in [4.78, 5) is 24.1. The lowest BCUT2D eigenvalue weighted by Gasteiger charge is -2.33. The SMILES string of the molecule is CCOc1ccc(CNC(=O)C2CCCN(c3ncnc4nn(-c5ccc(C)cc5)cc34)C2)cc1. The van der Waals surface area contributed by atoms with Crippen LogP contribution in [0.3, 0.4) is 0 Å². The van der Waals surface area contributed by atoms with E-state index >= 15 is 0 Å². The van der Waals surface area contributed by atoms with Gasteiger partial charge in [-0.2, -0.15) is 0 Å². The Morgan fingerprint density at radius 1 is 1.11 bits per heavy atom. The Hall–Kier alpha value is -3.94. The molecular weight excluding hydrogens is 440 g/mol. The highest BCUT2D eigenvalue weighted by Crippen LogP contribution is 2.28. The third-order valence-electron chi connectivity index (χ3n) is 6.39. The normalized spacial score (nSPS) is 15.8. The summed E-state index contributed by atoms with van der Waals surface area (Å²) in [6.07, 6.45) is 5.33. The van der Waals surface area contributed by atoms with E-state index in [4.69, 9.17) is 4.74 Å². The molecule has 2 aromatic carbocycles. The van der Waals surface area contributed by atoms with Gasteiger partial charge < -0.3 is 15.0 Å². The standard InChI is InChI=1S/C27H30N6O2/c1-3-35-23-12-8-20(9-13-23)15-28-27(34)21-5-4-14-32(16-21)26-24-17-33(31-25(24)29-18-30-26)22-10-6-19(2)7-11-22/h6-13,17-18,21H,3-5,14-16H2,1-2H3,(H,28,34). The Morgan fingerprint density at radius 3 is 2.69 bits per heavy atom. The minimum Gasteiger partial charge on any atom is -0.494 e. The maximum absolute atomic E-state index is 13.0. The van der Waals surface area contributed by atoms with Crippen molar-refractivity contribution in [1.82, 2.24) is 25.1 Å². The molecule has 4 aromatic rings. The fourth-order valence-corrected chi connectivity index (χ4v) is 4.49. The summed E-state index contributed by atoms with van der Waals surface area (Å²) in [6, 6.07) is 16.1. The number of amides is 1. The van der Waals surface area contributed by atoms with Crippen LogP contribution >= 0.6 is 0 Å². The van der Waals surface area contributed by atoms with E-state index in [2.05, 4.69) is 44.3 Å². The molecule has 8 nitrogen and oxygen atoms in total. The van der Waals surface area contributed by atoms with Crippen molar-refractivity contribution >= 4 is 22.8 Å². The molecule has 8 heteroatoms. The van der Waals surface area contributed by atoms with Crippen LogP contribution in [0.5, 0.6) is 5.75 Å². The Balaban J connectivity index is 1.28. The van der Waals surface area contributed by atoms with Crippen LogP contribution in [0.4, 0.5) is 5.82 Å². The number of rotatable bonds is 7. The van der Waals surface area contributed by atoms with Gasteiger partial charge in [-0.3, -0.25) is 4.79 Å². The zero-order chi connectivity index (χ0) is 24.2. The highest BCUT2D eigenvalue weighted by molar-refractivity contribution is 5.87. The minimum atomic E-state index is -0.0939. The van der Waals surface area contributed by atoms with Crippen LogP contribution in [0.1, 0.15) is 30.9 Å². The molecule has 1 amide bonds. The zero-order valence-electron chi connectivity index (χ0n) is 20.1. The number of carbonyl (C=O) groups excluding carboxylic acids is 1. The molecule has 5 rings (SSSR count). The second-order valence-corrected chi connectivity index (χ2v) is 8.92. The molecule has 0 radical (unpaired) electrons. The number of anilines is 1. The molecule has 1 aliphatic rings. The second kappa shape index (κ2) is 10.1. The molecular formula is C27H30N6O2. The van der Waals surface area contributed by atoms with Crippen molar-refractivity contribution in [3.63, 3.8) is 0 Å². The number of nitrogens with one attached hydrogen (secondary N) is 1. The number of hydrogen-bond acceptors (Lipinski definition) is 6. The molecule has 1 atom stereocenters. The van der Waals surface area contributed by atoms with Crippen LogP contribution in [0.25, 0.3) is 16.7 Å². The fraction of sp³-hybridized carbons (Fsp3) is 0.333. The van der Waals surface area contributed by atoms with Crippen LogP contribution in [0, 0.1) is 12.8 Å². The van der Waals surface area contributed by atoms with Crippen molar-refractivity contribution in [3.05, 3.63) is 72.2 Å². The van der Waals surface area contributed by atoms with Gasteiger partial charge in [0, 0.05) is 25.8 Å². The summed E-state index contributed by atoms with van der Waals surface area (Å²) < 4.78 is 7.33. The number of piperidine rings is 1. The molecule has 180 valence electrons. The maximum Gasteiger partial charge on any atom is 0.225 e. The fourth-order valence-electron chi connectivity index (χ4n) is 4.49. The minimum absolute atomic E-state index is 0.0734. The Morgan fingerprint density at radius 2 is 1.91 bits per heavy atom. The van der Waals surface area contributed by atoms with Crippen molar-refractivity contribution in [2.75, 3.05) is 24.6 Å². The number of carbonyl (C=O) groups is 1. The molecule has 35 heavy (non-hydrogen) atoms. The van der Waals surface area contributed by atoms with Crippen molar-refractivity contribution in [2.24, 2.45) is 5.92 Å². The van der Waals surface area contributed by atoms with Crippen molar-refractivity contribution < 1.29 is 9.53 Å². The summed E-state index contributed by atoms with van der Waals surface area (Å²) in [5.41, 5.74) is 3.88. The van der Waals surface area contributed by atoms with E-state index in [0.717, 1.165) is 47.6 Å². The first-order chi connectivity index (χ1) is 17.1. The molecule has 2 aromatic heterocycles. The van der Waals surface area contributed by atoms with Gasteiger partial charge in [-0.25, -0.2) is 14.6 Å². The van der Waals surface area contributed by atoms with E-state index in [1.807, 2.05) is 54.2 Å². The van der Waals surface area contributed by atoms with E-state index in [1.165, 1.54) is 5.56 Å². The molecule has 0 aliphatic carbocycles. The van der Waals surface area contributed by atoms with Gasteiger partial charge in [-0.15, -0.1) is 5.10 Å². The molecule has 1 fully saturated rings. The largest absolute Gasteiger partial charge is 0.494 e. The molecule has 0 spiro atoms. The van der Waals surface area contributed by atoms with Gasteiger partial charge in [0.25, 0.3) is 0 Å². The lowest BCUT2D eigenvalue weighted by atomic mass is 9.97. The monoisotopic (exact) mass is 470 g/mol. The topological polar surface area (TPSA) is 85.2 Å². The van der Waals surface area contributed by atoms with E-state index in [9.17, 15) is 4.79 Å². The molecule has 3 heterocycles. The summed E-state index contributed by atoms with van der Waals surface area (Å²) in [5.74, 6) is 1.65. The summed E-state index contributed by atoms with van der Waals surface area (Å²) in [7, 11) is 0. The number of aryl methyl sites for hydroxylation is 1. The van der Waals surface area contributed by atoms with Gasteiger partial charge in [0.15, 0.2) is 5.65 Å². The van der Waals surface area contributed by atoms with Gasteiger partial charge in [-0.05, 0) is 56.5 Å². The summed E-state index contributed by atoms with van der Waals surface area (Å²) >= 11 is 0. The number of hydrogen-bond donors (Lipinski definition) is 1. The lowest BCUT2D eigenvalue weighted by Crippen LogP contribution is -2.43. The Kier molecular flexibility index (Phi) is 6.61. The van der Waals surface area contributed by atoms with Crippen molar-refractivity contribution in [3.8, 4) is 11.4 Å². The van der Waals surface area contributed by atoms with Gasteiger partial charge in [0.1, 0.15) is 17.9 Å². The van der Waals surface area contributed by atoms with Crippen molar-refractivity contribution in [1.29, 1.82) is 0 Å². The number of fused-ring (bicyclic) bond motifs is 1. The first-order valence-corrected chi connectivity index (χ1v) is 12.1. The molecule has 0 saturated carbocycles. The van der Waals surface area contributed by atoms with Crippen molar-refractivity contribution in [2.45, 2.75) is 33.2 Å². The Bertz CT molecular complexity index is 1300. The van der Waals surface area contributed by atoms with Crippen LogP contribution in [-0.2, 0) is 11.3 Å². The number of benzene rings is 2. The van der Waals surface area contributed by atoms with Gasteiger partial charge in [0.2, 0.25) is 5.91 Å². The predicted molar refractivity (Wildman–Crippen MR) is 136 cm³/mol. The molecule has 1 aliphatic heterocycles. The van der Waals surface area contributed by atoms with Gasteiger partial charge >= 0.3 is 0 Å². The maximum atomic E-state index is 13.0. The highest BCUT2D eigenvalue weighted by Gasteiger charge is 2.28. The Labute approximate surface area is 205 Å². The van der Waals surface area contributed by atoms with Crippen LogP contribution in [0.2, 0.25) is 0 Å². The molecule has 1 unspecified atom stereocenters. The molecule has 1 saturated heterocycles.